The molecule has 3 aromatic rings. The van der Waals surface area contributed by atoms with Gasteiger partial charge in [-0.15, -0.1) is 5.10 Å². The van der Waals surface area contributed by atoms with E-state index in [1.54, 1.807) is 16.4 Å². The molecule has 0 saturated heterocycles. The minimum absolute atomic E-state index is 0.219. The van der Waals surface area contributed by atoms with Gasteiger partial charge in [-0.1, -0.05) is 54.2 Å². The van der Waals surface area contributed by atoms with E-state index in [-0.39, 0.29) is 12.1 Å². The molecule has 7 nitrogen and oxygen atoms in total. The van der Waals surface area contributed by atoms with Gasteiger partial charge in [-0.3, -0.25) is 0 Å². The van der Waals surface area contributed by atoms with Gasteiger partial charge in [-0.25, -0.2) is 9.48 Å². The van der Waals surface area contributed by atoms with E-state index >= 15 is 0 Å². The van der Waals surface area contributed by atoms with Crippen molar-refractivity contribution in [2.45, 2.75) is 43.8 Å². The summed E-state index contributed by atoms with van der Waals surface area (Å²) < 4.78 is 7.38. The predicted molar refractivity (Wildman–Crippen MR) is 132 cm³/mol. The molecule has 0 saturated carbocycles. The molecule has 4 rings (SSSR count). The molecule has 0 spiro atoms. The largest absolute Gasteiger partial charge is 0.459 e. The number of anilines is 2. The Bertz CT molecular complexity index is 1150. The number of thioether (sulfide) groups is 1. The minimum Gasteiger partial charge on any atom is -0.459 e. The maximum absolute atomic E-state index is 13.1. The van der Waals surface area contributed by atoms with Gasteiger partial charge in [-0.05, 0) is 44.0 Å². The van der Waals surface area contributed by atoms with Crippen LogP contribution in [0.2, 0.25) is 0 Å². The Balaban J connectivity index is 1.70. The van der Waals surface area contributed by atoms with Crippen LogP contribution >= 0.6 is 11.8 Å². The first-order valence-electron chi connectivity index (χ1n) is 10.9. The van der Waals surface area contributed by atoms with Gasteiger partial charge in [0, 0.05) is 31.2 Å². The third-order valence-corrected chi connectivity index (χ3v) is 6.24. The summed E-state index contributed by atoms with van der Waals surface area (Å²) in [5.41, 5.74) is 4.50. The van der Waals surface area contributed by atoms with Crippen molar-refractivity contribution in [2.75, 3.05) is 24.3 Å². The molecule has 0 fully saturated rings. The monoisotopic (exact) mass is 463 g/mol. The zero-order chi connectivity index (χ0) is 23.5. The molecule has 2 heterocycles. The Morgan fingerprint density at radius 1 is 1.15 bits per heavy atom. The normalized spacial score (nSPS) is 15.3. The summed E-state index contributed by atoms with van der Waals surface area (Å²) in [4.78, 5) is 19.9. The summed E-state index contributed by atoms with van der Waals surface area (Å²) in [6, 6.07) is 17.9. The highest BCUT2D eigenvalue weighted by molar-refractivity contribution is 7.98. The molecule has 0 aliphatic carbocycles. The van der Waals surface area contributed by atoms with E-state index in [2.05, 4.69) is 17.4 Å². The number of ether oxygens (including phenoxy) is 1. The van der Waals surface area contributed by atoms with Crippen molar-refractivity contribution in [3.05, 3.63) is 77.0 Å². The topological polar surface area (TPSA) is 72.3 Å². The molecule has 1 unspecified atom stereocenters. The first-order valence-corrected chi connectivity index (χ1v) is 11.9. The molecule has 33 heavy (non-hydrogen) atoms. The van der Waals surface area contributed by atoms with Crippen molar-refractivity contribution in [3.63, 3.8) is 0 Å². The third kappa shape index (κ3) is 5.06. The molecule has 0 bridgehead atoms. The van der Waals surface area contributed by atoms with E-state index in [1.165, 1.54) is 5.56 Å². The van der Waals surface area contributed by atoms with Crippen LogP contribution in [0, 0.1) is 0 Å². The number of allylic oxidation sites excluding steroid dienone is 1. The van der Waals surface area contributed by atoms with Crippen LogP contribution in [0.3, 0.4) is 0 Å². The maximum atomic E-state index is 13.1. The summed E-state index contributed by atoms with van der Waals surface area (Å²) >= 11 is 1.57. The van der Waals surface area contributed by atoms with E-state index in [0.29, 0.717) is 16.7 Å². The molecular formula is C25H29N5O2S. The highest BCUT2D eigenvalue weighted by Crippen LogP contribution is 2.37. The molecule has 1 atom stereocenters. The van der Waals surface area contributed by atoms with Gasteiger partial charge in [-0.2, -0.15) is 4.98 Å². The highest BCUT2D eigenvalue weighted by Gasteiger charge is 2.35. The zero-order valence-corrected chi connectivity index (χ0v) is 20.4. The number of aromatic nitrogens is 3. The van der Waals surface area contributed by atoms with Crippen LogP contribution in [0.1, 0.15) is 37.9 Å². The lowest BCUT2D eigenvalue weighted by atomic mass is 9.95. The average molecular weight is 464 g/mol. The second kappa shape index (κ2) is 9.70. The van der Waals surface area contributed by atoms with Gasteiger partial charge >= 0.3 is 5.97 Å². The molecular weight excluding hydrogens is 434 g/mol. The molecule has 1 aliphatic rings. The number of nitrogens with one attached hydrogen (secondary N) is 1. The molecule has 1 N–H and O–H groups in total. The highest BCUT2D eigenvalue weighted by atomic mass is 32.2. The van der Waals surface area contributed by atoms with Crippen molar-refractivity contribution in [1.29, 1.82) is 0 Å². The zero-order valence-electron chi connectivity index (χ0n) is 19.6. The number of rotatable bonds is 7. The van der Waals surface area contributed by atoms with E-state index < -0.39 is 6.04 Å². The van der Waals surface area contributed by atoms with Gasteiger partial charge in [0.15, 0.2) is 0 Å². The third-order valence-electron chi connectivity index (χ3n) is 5.33. The second-order valence-electron chi connectivity index (χ2n) is 8.44. The summed E-state index contributed by atoms with van der Waals surface area (Å²) in [5.74, 6) is 1.03. The Morgan fingerprint density at radius 2 is 1.85 bits per heavy atom. The molecule has 8 heteroatoms. The number of esters is 1. The maximum Gasteiger partial charge on any atom is 0.338 e. The molecule has 1 aliphatic heterocycles. The van der Waals surface area contributed by atoms with Crippen molar-refractivity contribution in [1.82, 2.24) is 14.8 Å². The lowest BCUT2D eigenvalue weighted by molar-refractivity contribution is -0.143. The summed E-state index contributed by atoms with van der Waals surface area (Å²) in [6.45, 7) is 5.58. The predicted octanol–water partition coefficient (Wildman–Crippen LogP) is 4.88. The number of hydrogen-bond donors (Lipinski definition) is 1. The van der Waals surface area contributed by atoms with E-state index in [1.807, 2.05) is 82.2 Å². The van der Waals surface area contributed by atoms with Gasteiger partial charge in [0.2, 0.25) is 11.1 Å². The number of carbonyl (C=O) groups excluding carboxylic acids is 1. The SMILES string of the molecule is CC1=C(C(=O)OC(C)C)C(c2ccc(N(C)C)cc2)n2nc(SCc3ccccc3)nc2N1. The molecule has 0 radical (unpaired) electrons. The molecule has 172 valence electrons. The van der Waals surface area contributed by atoms with E-state index in [0.717, 1.165) is 22.7 Å². The Hall–Kier alpha value is -3.26. The fourth-order valence-electron chi connectivity index (χ4n) is 3.72. The van der Waals surface area contributed by atoms with Crippen molar-refractivity contribution < 1.29 is 9.53 Å². The number of nitrogens with zero attached hydrogens (tertiary/aromatic N) is 4. The number of carbonyl (C=O) groups is 1. The van der Waals surface area contributed by atoms with Crippen LogP contribution in [-0.2, 0) is 15.3 Å². The van der Waals surface area contributed by atoms with Gasteiger partial charge in [0.25, 0.3) is 0 Å². The van der Waals surface area contributed by atoms with Crippen LogP contribution in [0.15, 0.2) is 71.0 Å². The van der Waals surface area contributed by atoms with Crippen LogP contribution in [0.25, 0.3) is 0 Å². The smallest absolute Gasteiger partial charge is 0.338 e. The number of benzene rings is 2. The van der Waals surface area contributed by atoms with Gasteiger partial charge in [0.05, 0.1) is 11.7 Å². The summed E-state index contributed by atoms with van der Waals surface area (Å²) in [6.07, 6.45) is -0.219. The molecule has 2 aromatic carbocycles. The number of fused-ring (bicyclic) bond motifs is 1. The lowest BCUT2D eigenvalue weighted by Gasteiger charge is -2.28. The summed E-state index contributed by atoms with van der Waals surface area (Å²) in [5, 5.41) is 8.69. The van der Waals surface area contributed by atoms with Crippen LogP contribution in [-0.4, -0.2) is 40.9 Å². The fourth-order valence-corrected chi connectivity index (χ4v) is 4.50. The number of hydrogen-bond acceptors (Lipinski definition) is 7. The van der Waals surface area contributed by atoms with E-state index in [9.17, 15) is 4.79 Å². The Morgan fingerprint density at radius 3 is 2.48 bits per heavy atom. The second-order valence-corrected chi connectivity index (χ2v) is 9.39. The molecule has 0 amide bonds. The van der Waals surface area contributed by atoms with Crippen LogP contribution < -0.4 is 10.2 Å². The summed E-state index contributed by atoms with van der Waals surface area (Å²) in [7, 11) is 4.00. The van der Waals surface area contributed by atoms with Crippen LogP contribution in [0.4, 0.5) is 11.6 Å². The first kappa shape index (κ1) is 22.9. The Labute approximate surface area is 198 Å². The van der Waals surface area contributed by atoms with E-state index in [4.69, 9.17) is 14.8 Å². The van der Waals surface area contributed by atoms with Crippen LogP contribution in [0.5, 0.6) is 0 Å². The average Bonchev–Trinajstić information content (AvgIpc) is 3.19. The quantitative estimate of drug-likeness (QED) is 0.396. The fraction of sp³-hybridized carbons (Fsp3) is 0.320. The van der Waals surface area contributed by atoms with Crippen molar-refractivity contribution in [3.8, 4) is 0 Å². The van der Waals surface area contributed by atoms with Crippen molar-refractivity contribution in [2.24, 2.45) is 0 Å². The van der Waals surface area contributed by atoms with Crippen molar-refractivity contribution >= 4 is 29.4 Å². The lowest BCUT2D eigenvalue weighted by Crippen LogP contribution is -2.30. The minimum atomic E-state index is -0.428. The molecule has 1 aromatic heterocycles. The Kier molecular flexibility index (Phi) is 6.74. The van der Waals surface area contributed by atoms with Gasteiger partial charge < -0.3 is 15.0 Å². The van der Waals surface area contributed by atoms with Gasteiger partial charge in [0.1, 0.15) is 6.04 Å². The first-order chi connectivity index (χ1) is 15.8. The standard InChI is InChI=1S/C25H29N5O2S/c1-16(2)32-23(31)21-17(3)26-24-27-25(33-15-18-9-7-6-8-10-18)28-30(24)22(21)19-11-13-20(14-12-19)29(4)5/h6-14,16,22H,15H2,1-5H3,(H,26,27,28).